The van der Waals surface area contributed by atoms with E-state index >= 15 is 0 Å². The Balaban J connectivity index is 2.39. The molecule has 1 aromatic rings. The standard InChI is InChI=1S/C8H12N2O/c9-8(11)10-6-7-4-2-1-3-5-7/h1-5,8,10-11H,6,9H2. The van der Waals surface area contributed by atoms with Crippen LogP contribution in [0.1, 0.15) is 5.56 Å². The fraction of sp³-hybridized carbons (Fsp3) is 0.250. The maximum absolute atomic E-state index is 8.68. The lowest BCUT2D eigenvalue weighted by Gasteiger charge is -2.06. The van der Waals surface area contributed by atoms with E-state index in [1.54, 1.807) is 0 Å². The molecule has 0 fully saturated rings. The zero-order valence-electron chi connectivity index (χ0n) is 6.20. The van der Waals surface area contributed by atoms with E-state index in [4.69, 9.17) is 10.8 Å². The minimum atomic E-state index is -0.935. The van der Waals surface area contributed by atoms with Gasteiger partial charge in [0.15, 0.2) is 6.35 Å². The van der Waals surface area contributed by atoms with Gasteiger partial charge in [0.1, 0.15) is 0 Å². The molecule has 1 rings (SSSR count). The van der Waals surface area contributed by atoms with Crippen molar-refractivity contribution in [3.63, 3.8) is 0 Å². The zero-order chi connectivity index (χ0) is 8.10. The number of rotatable bonds is 3. The van der Waals surface area contributed by atoms with Crippen molar-refractivity contribution in [3.8, 4) is 0 Å². The number of nitrogens with two attached hydrogens (primary N) is 1. The molecule has 1 atom stereocenters. The maximum Gasteiger partial charge on any atom is 0.158 e. The molecule has 3 nitrogen and oxygen atoms in total. The third-order valence-corrected chi connectivity index (χ3v) is 1.36. The van der Waals surface area contributed by atoms with E-state index in [9.17, 15) is 0 Å². The number of aliphatic hydroxyl groups is 1. The Morgan fingerprint density at radius 1 is 1.36 bits per heavy atom. The molecule has 1 unspecified atom stereocenters. The van der Waals surface area contributed by atoms with Crippen LogP contribution in [0.3, 0.4) is 0 Å². The molecule has 0 amide bonds. The Labute approximate surface area is 65.8 Å². The molecular weight excluding hydrogens is 140 g/mol. The van der Waals surface area contributed by atoms with Crippen molar-refractivity contribution in [2.45, 2.75) is 12.9 Å². The number of benzene rings is 1. The molecule has 0 heterocycles. The van der Waals surface area contributed by atoms with Crippen molar-refractivity contribution in [1.82, 2.24) is 5.32 Å². The van der Waals surface area contributed by atoms with Crippen LogP contribution < -0.4 is 11.1 Å². The Hall–Kier alpha value is -0.900. The minimum absolute atomic E-state index is 0.596. The lowest BCUT2D eigenvalue weighted by Crippen LogP contribution is -2.36. The van der Waals surface area contributed by atoms with Gasteiger partial charge >= 0.3 is 0 Å². The summed E-state index contributed by atoms with van der Waals surface area (Å²) in [5, 5.41) is 11.4. The van der Waals surface area contributed by atoms with Gasteiger partial charge in [0, 0.05) is 6.54 Å². The molecule has 0 aliphatic rings. The van der Waals surface area contributed by atoms with Crippen molar-refractivity contribution in [2.75, 3.05) is 0 Å². The molecule has 0 radical (unpaired) electrons. The van der Waals surface area contributed by atoms with E-state index in [-0.39, 0.29) is 0 Å². The molecule has 3 heteroatoms. The van der Waals surface area contributed by atoms with Crippen molar-refractivity contribution in [1.29, 1.82) is 0 Å². The van der Waals surface area contributed by atoms with Crippen LogP contribution in [0.15, 0.2) is 30.3 Å². The fourth-order valence-corrected chi connectivity index (χ4v) is 0.818. The summed E-state index contributed by atoms with van der Waals surface area (Å²) in [6.45, 7) is 0.596. The molecule has 0 bridgehead atoms. The summed E-state index contributed by atoms with van der Waals surface area (Å²) in [5.41, 5.74) is 6.19. The van der Waals surface area contributed by atoms with Gasteiger partial charge in [0.05, 0.1) is 0 Å². The Morgan fingerprint density at radius 2 is 2.00 bits per heavy atom. The predicted octanol–water partition coefficient (Wildman–Crippen LogP) is 0.0108. The first-order valence-corrected chi connectivity index (χ1v) is 3.50. The second-order valence-corrected chi connectivity index (χ2v) is 2.31. The van der Waals surface area contributed by atoms with E-state index in [1.807, 2.05) is 30.3 Å². The Morgan fingerprint density at radius 3 is 2.55 bits per heavy atom. The second kappa shape index (κ2) is 4.08. The molecule has 0 saturated carbocycles. The largest absolute Gasteiger partial charge is 0.366 e. The molecule has 0 aromatic heterocycles. The molecule has 4 N–H and O–H groups in total. The van der Waals surface area contributed by atoms with Gasteiger partial charge in [-0.15, -0.1) is 0 Å². The highest BCUT2D eigenvalue weighted by Gasteiger charge is 1.93. The molecular formula is C8H12N2O. The lowest BCUT2D eigenvalue weighted by atomic mass is 10.2. The van der Waals surface area contributed by atoms with Crippen LogP contribution in [0.5, 0.6) is 0 Å². The first kappa shape index (κ1) is 8.20. The molecule has 0 aliphatic carbocycles. The Kier molecular flexibility index (Phi) is 3.04. The third kappa shape index (κ3) is 3.13. The highest BCUT2D eigenvalue weighted by Crippen LogP contribution is 1.96. The normalized spacial score (nSPS) is 12.9. The van der Waals surface area contributed by atoms with E-state index in [2.05, 4.69) is 5.32 Å². The van der Waals surface area contributed by atoms with Crippen molar-refractivity contribution < 1.29 is 5.11 Å². The van der Waals surface area contributed by atoms with Crippen LogP contribution in [-0.2, 0) is 6.54 Å². The van der Waals surface area contributed by atoms with Crippen molar-refractivity contribution >= 4 is 0 Å². The number of hydrogen-bond acceptors (Lipinski definition) is 3. The minimum Gasteiger partial charge on any atom is -0.366 e. The summed E-state index contributed by atoms with van der Waals surface area (Å²) in [6, 6.07) is 9.77. The van der Waals surface area contributed by atoms with Gasteiger partial charge in [0.25, 0.3) is 0 Å². The summed E-state index contributed by atoms with van der Waals surface area (Å²) < 4.78 is 0. The first-order valence-electron chi connectivity index (χ1n) is 3.50. The molecule has 1 aromatic carbocycles. The van der Waals surface area contributed by atoms with Gasteiger partial charge < -0.3 is 5.11 Å². The highest BCUT2D eigenvalue weighted by atomic mass is 16.3. The Bertz CT molecular complexity index is 199. The number of nitrogens with one attached hydrogen (secondary N) is 1. The fourth-order valence-electron chi connectivity index (χ4n) is 0.818. The zero-order valence-corrected chi connectivity index (χ0v) is 6.20. The van der Waals surface area contributed by atoms with E-state index in [0.29, 0.717) is 6.54 Å². The average molecular weight is 152 g/mol. The summed E-state index contributed by atoms with van der Waals surface area (Å²) in [4.78, 5) is 0. The van der Waals surface area contributed by atoms with Crippen LogP contribution in [0.4, 0.5) is 0 Å². The molecule has 0 aliphatic heterocycles. The van der Waals surface area contributed by atoms with Crippen LogP contribution in [-0.4, -0.2) is 11.5 Å². The van der Waals surface area contributed by atoms with Crippen LogP contribution in [0.2, 0.25) is 0 Å². The second-order valence-electron chi connectivity index (χ2n) is 2.31. The van der Waals surface area contributed by atoms with E-state index < -0.39 is 6.35 Å². The summed E-state index contributed by atoms with van der Waals surface area (Å²) in [6.07, 6.45) is -0.935. The summed E-state index contributed by atoms with van der Waals surface area (Å²) in [7, 11) is 0. The van der Waals surface area contributed by atoms with Crippen molar-refractivity contribution in [3.05, 3.63) is 35.9 Å². The maximum atomic E-state index is 8.68. The van der Waals surface area contributed by atoms with E-state index in [1.165, 1.54) is 0 Å². The van der Waals surface area contributed by atoms with E-state index in [0.717, 1.165) is 5.56 Å². The third-order valence-electron chi connectivity index (χ3n) is 1.36. The van der Waals surface area contributed by atoms with Gasteiger partial charge in [-0.1, -0.05) is 30.3 Å². The van der Waals surface area contributed by atoms with Crippen LogP contribution >= 0.6 is 0 Å². The topological polar surface area (TPSA) is 58.3 Å². The van der Waals surface area contributed by atoms with Gasteiger partial charge in [-0.25, -0.2) is 0 Å². The summed E-state index contributed by atoms with van der Waals surface area (Å²) in [5.74, 6) is 0. The van der Waals surface area contributed by atoms with Gasteiger partial charge in [-0.2, -0.15) is 0 Å². The van der Waals surface area contributed by atoms with Crippen LogP contribution in [0, 0.1) is 0 Å². The first-order chi connectivity index (χ1) is 5.29. The molecule has 0 spiro atoms. The summed E-state index contributed by atoms with van der Waals surface area (Å²) >= 11 is 0. The molecule has 0 saturated heterocycles. The lowest BCUT2D eigenvalue weighted by molar-refractivity contribution is 0.142. The average Bonchev–Trinajstić information content (AvgIpc) is 2.03. The quantitative estimate of drug-likeness (QED) is 0.535. The van der Waals surface area contributed by atoms with Gasteiger partial charge in [-0.05, 0) is 5.56 Å². The van der Waals surface area contributed by atoms with Crippen molar-refractivity contribution in [2.24, 2.45) is 5.73 Å². The highest BCUT2D eigenvalue weighted by molar-refractivity contribution is 5.14. The smallest absolute Gasteiger partial charge is 0.158 e. The monoisotopic (exact) mass is 152 g/mol. The van der Waals surface area contributed by atoms with Crippen LogP contribution in [0.25, 0.3) is 0 Å². The number of hydrogen-bond donors (Lipinski definition) is 3. The predicted molar refractivity (Wildman–Crippen MR) is 43.5 cm³/mol. The molecule has 11 heavy (non-hydrogen) atoms. The molecule has 60 valence electrons. The number of aliphatic hydroxyl groups excluding tert-OH is 1. The van der Waals surface area contributed by atoms with Gasteiger partial charge in [-0.3, -0.25) is 11.1 Å². The van der Waals surface area contributed by atoms with Gasteiger partial charge in [0.2, 0.25) is 0 Å². The SMILES string of the molecule is NC(O)NCc1ccccc1.